The van der Waals surface area contributed by atoms with Gasteiger partial charge in [-0.3, -0.25) is 9.59 Å². The van der Waals surface area contributed by atoms with Gasteiger partial charge in [-0.2, -0.15) is 0 Å². The fourth-order valence-electron chi connectivity index (χ4n) is 7.34. The molecule has 4 fully saturated rings. The molecule has 0 unspecified atom stereocenters. The number of Topliss-reactive ketones (excluding diaryl/α,β-unsaturated/α-hetero) is 2. The first-order chi connectivity index (χ1) is 11.2. The van der Waals surface area contributed by atoms with E-state index in [0.717, 1.165) is 38.5 Å². The van der Waals surface area contributed by atoms with Gasteiger partial charge in [-0.25, -0.2) is 0 Å². The summed E-state index contributed by atoms with van der Waals surface area (Å²) in [4.78, 5) is 24.4. The highest BCUT2D eigenvalue weighted by Crippen LogP contribution is 2.66. The summed E-state index contributed by atoms with van der Waals surface area (Å²) in [5, 5.41) is 10.7. The smallest absolute Gasteiger partial charge is 0.161 e. The van der Waals surface area contributed by atoms with E-state index in [0.29, 0.717) is 42.3 Å². The van der Waals surface area contributed by atoms with E-state index in [-0.39, 0.29) is 16.6 Å². The lowest BCUT2D eigenvalue weighted by Crippen LogP contribution is -2.57. The summed E-state index contributed by atoms with van der Waals surface area (Å²) in [6.45, 7) is 6.20. The van der Waals surface area contributed by atoms with E-state index in [2.05, 4.69) is 13.8 Å². The summed E-state index contributed by atoms with van der Waals surface area (Å²) in [5.74, 6) is 2.85. The average molecular weight is 332 g/mol. The average Bonchev–Trinajstić information content (AvgIpc) is 2.84. The molecule has 134 valence electrons. The van der Waals surface area contributed by atoms with E-state index in [1.807, 2.05) is 0 Å². The van der Waals surface area contributed by atoms with Crippen LogP contribution >= 0.6 is 0 Å². The molecule has 4 rings (SSSR count). The van der Waals surface area contributed by atoms with Crippen LogP contribution in [-0.2, 0) is 9.59 Å². The quantitative estimate of drug-likeness (QED) is 0.792. The van der Waals surface area contributed by atoms with Crippen LogP contribution < -0.4 is 0 Å². The van der Waals surface area contributed by atoms with E-state index < -0.39 is 5.60 Å². The standard InChI is InChI=1S/C21H32O3/c1-13(22)21(24)11-10-19(2)14(12-21)4-5-15-16-6-7-18(23)20(16,3)9-8-17(15)19/h14-17,24H,4-12H2,1-3H3/t14-,15-,16+,17+,19-,20-,21-/m0/s1. The Morgan fingerprint density at radius 1 is 1.04 bits per heavy atom. The van der Waals surface area contributed by atoms with Gasteiger partial charge < -0.3 is 5.11 Å². The van der Waals surface area contributed by atoms with Crippen molar-refractivity contribution in [2.24, 2.45) is 34.5 Å². The van der Waals surface area contributed by atoms with Gasteiger partial charge in [-0.05, 0) is 87.4 Å². The Morgan fingerprint density at radius 2 is 1.79 bits per heavy atom. The number of hydrogen-bond donors (Lipinski definition) is 1. The minimum absolute atomic E-state index is 0.0516. The number of fused-ring (bicyclic) bond motifs is 5. The molecule has 0 aromatic carbocycles. The van der Waals surface area contributed by atoms with Crippen LogP contribution in [0.4, 0.5) is 0 Å². The molecule has 4 saturated carbocycles. The Kier molecular flexibility index (Phi) is 3.60. The molecule has 0 bridgehead atoms. The van der Waals surface area contributed by atoms with Gasteiger partial charge in [0.05, 0.1) is 0 Å². The second kappa shape index (κ2) is 5.16. The van der Waals surface area contributed by atoms with E-state index in [9.17, 15) is 14.7 Å². The van der Waals surface area contributed by atoms with Gasteiger partial charge in [-0.1, -0.05) is 13.8 Å². The molecule has 0 spiro atoms. The minimum atomic E-state index is -1.08. The largest absolute Gasteiger partial charge is 0.382 e. The number of aliphatic hydroxyl groups is 1. The van der Waals surface area contributed by atoms with Crippen LogP contribution in [0, 0.1) is 34.5 Å². The Hall–Kier alpha value is -0.700. The first kappa shape index (κ1) is 16.8. The zero-order valence-corrected chi connectivity index (χ0v) is 15.4. The maximum absolute atomic E-state index is 12.5. The summed E-state index contributed by atoms with van der Waals surface area (Å²) in [6.07, 6.45) is 8.64. The molecular weight excluding hydrogens is 300 g/mol. The number of rotatable bonds is 1. The van der Waals surface area contributed by atoms with E-state index in [4.69, 9.17) is 0 Å². The molecule has 24 heavy (non-hydrogen) atoms. The topological polar surface area (TPSA) is 54.4 Å². The number of carbonyl (C=O) groups excluding carboxylic acids is 2. The van der Waals surface area contributed by atoms with Crippen LogP contribution in [0.3, 0.4) is 0 Å². The second-order valence-electron chi connectivity index (χ2n) is 9.87. The lowest BCUT2D eigenvalue weighted by Gasteiger charge is -2.61. The number of hydrogen-bond acceptors (Lipinski definition) is 3. The van der Waals surface area contributed by atoms with Gasteiger partial charge in [0.2, 0.25) is 0 Å². The van der Waals surface area contributed by atoms with Crippen molar-refractivity contribution >= 4 is 11.6 Å². The second-order valence-corrected chi connectivity index (χ2v) is 9.87. The maximum atomic E-state index is 12.5. The van der Waals surface area contributed by atoms with E-state index >= 15 is 0 Å². The van der Waals surface area contributed by atoms with Crippen LogP contribution in [0.15, 0.2) is 0 Å². The first-order valence-electron chi connectivity index (χ1n) is 9.97. The first-order valence-corrected chi connectivity index (χ1v) is 9.97. The molecule has 4 aliphatic carbocycles. The lowest BCUT2D eigenvalue weighted by atomic mass is 9.44. The number of ketones is 2. The van der Waals surface area contributed by atoms with Crippen LogP contribution in [0.25, 0.3) is 0 Å². The fourth-order valence-corrected chi connectivity index (χ4v) is 7.34. The molecule has 0 aliphatic heterocycles. The molecule has 3 nitrogen and oxygen atoms in total. The predicted molar refractivity (Wildman–Crippen MR) is 92.4 cm³/mol. The molecule has 0 heterocycles. The van der Waals surface area contributed by atoms with Gasteiger partial charge in [0.15, 0.2) is 5.78 Å². The van der Waals surface area contributed by atoms with Crippen molar-refractivity contribution < 1.29 is 14.7 Å². The molecule has 0 aromatic heterocycles. The zero-order valence-electron chi connectivity index (χ0n) is 15.4. The van der Waals surface area contributed by atoms with E-state index in [1.165, 1.54) is 6.42 Å². The highest BCUT2D eigenvalue weighted by molar-refractivity contribution is 5.87. The van der Waals surface area contributed by atoms with Crippen molar-refractivity contribution in [1.29, 1.82) is 0 Å². The Labute approximate surface area is 145 Å². The minimum Gasteiger partial charge on any atom is -0.382 e. The third kappa shape index (κ3) is 2.06. The summed E-state index contributed by atoms with van der Waals surface area (Å²) >= 11 is 0. The van der Waals surface area contributed by atoms with Crippen LogP contribution in [0.1, 0.15) is 78.6 Å². The monoisotopic (exact) mass is 332 g/mol. The lowest BCUT2D eigenvalue weighted by molar-refractivity contribution is -0.165. The molecule has 4 aliphatic rings. The van der Waals surface area contributed by atoms with Crippen molar-refractivity contribution in [3.63, 3.8) is 0 Å². The van der Waals surface area contributed by atoms with Crippen LogP contribution in [0.5, 0.6) is 0 Å². The van der Waals surface area contributed by atoms with Gasteiger partial charge in [-0.15, -0.1) is 0 Å². The van der Waals surface area contributed by atoms with Crippen molar-refractivity contribution in [3.05, 3.63) is 0 Å². The Bertz CT molecular complexity index is 584. The van der Waals surface area contributed by atoms with Crippen LogP contribution in [-0.4, -0.2) is 22.3 Å². The van der Waals surface area contributed by atoms with Gasteiger partial charge >= 0.3 is 0 Å². The normalized spacial score (nSPS) is 53.9. The van der Waals surface area contributed by atoms with E-state index in [1.54, 1.807) is 6.92 Å². The highest BCUT2D eigenvalue weighted by atomic mass is 16.3. The van der Waals surface area contributed by atoms with Gasteiger partial charge in [0.25, 0.3) is 0 Å². The third-order valence-corrected chi connectivity index (χ3v) is 9.09. The molecule has 1 N–H and O–H groups in total. The van der Waals surface area contributed by atoms with Crippen molar-refractivity contribution in [2.75, 3.05) is 0 Å². The fraction of sp³-hybridized carbons (Fsp3) is 0.905. The molecule has 0 radical (unpaired) electrons. The van der Waals surface area contributed by atoms with Crippen molar-refractivity contribution in [1.82, 2.24) is 0 Å². The molecule has 0 saturated heterocycles. The summed E-state index contributed by atoms with van der Waals surface area (Å²) in [5.41, 5.74) is -0.889. The highest BCUT2D eigenvalue weighted by Gasteiger charge is 2.61. The SMILES string of the molecule is CC(=O)[C@]1(O)CC[C@@]2(C)[C@@H](CC[C@@H]3[C@H]2CC[C@]2(C)C(=O)CC[C@H]32)C1. The summed E-state index contributed by atoms with van der Waals surface area (Å²) in [7, 11) is 0. The number of carbonyl (C=O) groups is 2. The molecule has 7 atom stereocenters. The van der Waals surface area contributed by atoms with Gasteiger partial charge in [0, 0.05) is 11.8 Å². The zero-order chi connectivity index (χ0) is 17.3. The predicted octanol–water partition coefficient (Wildman–Crippen LogP) is 3.92. The van der Waals surface area contributed by atoms with Crippen LogP contribution in [0.2, 0.25) is 0 Å². The van der Waals surface area contributed by atoms with Gasteiger partial charge in [0.1, 0.15) is 11.4 Å². The molecule has 3 heteroatoms. The molecule has 0 aromatic rings. The Morgan fingerprint density at radius 3 is 2.50 bits per heavy atom. The van der Waals surface area contributed by atoms with Crippen molar-refractivity contribution in [3.8, 4) is 0 Å². The molecule has 0 amide bonds. The maximum Gasteiger partial charge on any atom is 0.161 e. The third-order valence-electron chi connectivity index (χ3n) is 9.09. The van der Waals surface area contributed by atoms with Crippen molar-refractivity contribution in [2.45, 2.75) is 84.2 Å². The molecular formula is C21H32O3. The summed E-state index contributed by atoms with van der Waals surface area (Å²) in [6, 6.07) is 0. The summed E-state index contributed by atoms with van der Waals surface area (Å²) < 4.78 is 0. The Balaban J connectivity index is 1.61.